The third kappa shape index (κ3) is 3.78. The average Bonchev–Trinajstić information content (AvgIpc) is 2.43. The van der Waals surface area contributed by atoms with Gasteiger partial charge in [0, 0.05) is 39.3 Å². The van der Waals surface area contributed by atoms with Gasteiger partial charge in [0.2, 0.25) is 5.88 Å². The lowest BCUT2D eigenvalue weighted by atomic mass is 10.3. The maximum Gasteiger partial charge on any atom is 0.221 e. The fourth-order valence-corrected chi connectivity index (χ4v) is 2.22. The van der Waals surface area contributed by atoms with Crippen molar-refractivity contribution in [3.8, 4) is 5.88 Å². The largest absolute Gasteiger partial charge is 0.481 e. The topological polar surface area (TPSA) is 53.5 Å². The number of anilines is 1. The number of rotatable bonds is 5. The van der Waals surface area contributed by atoms with Crippen molar-refractivity contribution in [3.05, 3.63) is 11.9 Å². The van der Waals surface area contributed by atoms with Crippen LogP contribution < -0.4 is 10.1 Å². The van der Waals surface area contributed by atoms with E-state index in [4.69, 9.17) is 4.74 Å². The zero-order valence-electron chi connectivity index (χ0n) is 12.0. The standard InChI is InChI=1S/C13H23N5O/c1-11-12(15-10-16-13(11)19-3)14-4-5-18-8-6-17(2)7-9-18/h10H,4-9H2,1-3H3,(H,14,15,16). The van der Waals surface area contributed by atoms with E-state index in [1.807, 2.05) is 6.92 Å². The van der Waals surface area contributed by atoms with Gasteiger partial charge in [-0.2, -0.15) is 0 Å². The molecule has 0 aromatic carbocycles. The number of aromatic nitrogens is 2. The molecule has 1 saturated heterocycles. The van der Waals surface area contributed by atoms with Crippen molar-refractivity contribution in [1.29, 1.82) is 0 Å². The van der Waals surface area contributed by atoms with Crippen LogP contribution in [0.4, 0.5) is 5.82 Å². The number of likely N-dealkylation sites (N-methyl/N-ethyl adjacent to an activating group) is 1. The Balaban J connectivity index is 1.79. The van der Waals surface area contributed by atoms with Crippen molar-refractivity contribution >= 4 is 5.82 Å². The van der Waals surface area contributed by atoms with E-state index >= 15 is 0 Å². The molecule has 0 saturated carbocycles. The van der Waals surface area contributed by atoms with Crippen molar-refractivity contribution in [2.24, 2.45) is 0 Å². The highest BCUT2D eigenvalue weighted by Crippen LogP contribution is 2.19. The normalized spacial score (nSPS) is 17.4. The lowest BCUT2D eigenvalue weighted by Gasteiger charge is -2.32. The van der Waals surface area contributed by atoms with Crippen LogP contribution in [0.5, 0.6) is 5.88 Å². The fraction of sp³-hybridized carbons (Fsp3) is 0.692. The Morgan fingerprint density at radius 2 is 2.00 bits per heavy atom. The summed E-state index contributed by atoms with van der Waals surface area (Å²) in [5.74, 6) is 1.50. The zero-order valence-corrected chi connectivity index (χ0v) is 12.0. The van der Waals surface area contributed by atoms with Gasteiger partial charge in [-0.15, -0.1) is 0 Å². The molecule has 1 aromatic rings. The number of hydrogen-bond acceptors (Lipinski definition) is 6. The maximum atomic E-state index is 5.19. The summed E-state index contributed by atoms with van der Waals surface area (Å²) < 4.78 is 5.19. The lowest BCUT2D eigenvalue weighted by Crippen LogP contribution is -2.45. The van der Waals surface area contributed by atoms with Crippen LogP contribution in [-0.4, -0.2) is 73.2 Å². The molecular weight excluding hydrogens is 242 g/mol. The van der Waals surface area contributed by atoms with E-state index in [0.717, 1.165) is 50.6 Å². The quantitative estimate of drug-likeness (QED) is 0.834. The van der Waals surface area contributed by atoms with E-state index in [0.29, 0.717) is 5.88 Å². The first-order valence-corrected chi connectivity index (χ1v) is 6.71. The van der Waals surface area contributed by atoms with Gasteiger partial charge < -0.3 is 15.0 Å². The number of hydrogen-bond donors (Lipinski definition) is 1. The Labute approximate surface area is 114 Å². The van der Waals surface area contributed by atoms with Gasteiger partial charge in [-0.3, -0.25) is 4.90 Å². The van der Waals surface area contributed by atoms with Crippen molar-refractivity contribution in [1.82, 2.24) is 19.8 Å². The number of methoxy groups -OCH3 is 1. The van der Waals surface area contributed by atoms with Gasteiger partial charge in [0.25, 0.3) is 0 Å². The number of ether oxygens (including phenoxy) is 1. The zero-order chi connectivity index (χ0) is 13.7. The molecule has 1 aliphatic heterocycles. The summed E-state index contributed by atoms with van der Waals surface area (Å²) in [6, 6.07) is 0. The molecule has 0 spiro atoms. The van der Waals surface area contributed by atoms with Gasteiger partial charge in [-0.25, -0.2) is 9.97 Å². The van der Waals surface area contributed by atoms with E-state index < -0.39 is 0 Å². The highest BCUT2D eigenvalue weighted by molar-refractivity contribution is 5.47. The van der Waals surface area contributed by atoms with Crippen LogP contribution in [0.2, 0.25) is 0 Å². The summed E-state index contributed by atoms with van der Waals surface area (Å²) in [6.07, 6.45) is 1.53. The van der Waals surface area contributed by atoms with Crippen LogP contribution >= 0.6 is 0 Å². The number of nitrogens with one attached hydrogen (secondary N) is 1. The Hall–Kier alpha value is -1.40. The van der Waals surface area contributed by atoms with Gasteiger partial charge in [-0.1, -0.05) is 0 Å². The van der Waals surface area contributed by atoms with E-state index in [1.165, 1.54) is 6.33 Å². The maximum absolute atomic E-state index is 5.19. The first-order chi connectivity index (χ1) is 9.20. The molecule has 0 radical (unpaired) electrons. The Bertz CT molecular complexity index is 404. The van der Waals surface area contributed by atoms with Crippen molar-refractivity contribution < 1.29 is 4.74 Å². The van der Waals surface area contributed by atoms with Gasteiger partial charge in [0.05, 0.1) is 12.7 Å². The molecule has 1 fully saturated rings. The third-order valence-electron chi connectivity index (χ3n) is 3.55. The van der Waals surface area contributed by atoms with Crippen molar-refractivity contribution in [2.45, 2.75) is 6.92 Å². The van der Waals surface area contributed by atoms with Crippen LogP contribution in [0.25, 0.3) is 0 Å². The summed E-state index contributed by atoms with van der Waals surface area (Å²) in [6.45, 7) is 8.50. The van der Waals surface area contributed by atoms with Crippen molar-refractivity contribution in [3.63, 3.8) is 0 Å². The van der Waals surface area contributed by atoms with E-state index in [1.54, 1.807) is 7.11 Å². The summed E-state index contributed by atoms with van der Waals surface area (Å²) >= 11 is 0. The van der Waals surface area contributed by atoms with Crippen LogP contribution in [0.3, 0.4) is 0 Å². The molecule has 19 heavy (non-hydrogen) atoms. The second kappa shape index (κ2) is 6.68. The highest BCUT2D eigenvalue weighted by Gasteiger charge is 2.13. The molecule has 6 heteroatoms. The average molecular weight is 265 g/mol. The second-order valence-corrected chi connectivity index (χ2v) is 4.93. The Morgan fingerprint density at radius 1 is 1.26 bits per heavy atom. The molecular formula is C13H23N5O. The van der Waals surface area contributed by atoms with Gasteiger partial charge in [-0.05, 0) is 14.0 Å². The predicted molar refractivity (Wildman–Crippen MR) is 75.7 cm³/mol. The van der Waals surface area contributed by atoms with Crippen LogP contribution in [0.15, 0.2) is 6.33 Å². The molecule has 1 aromatic heterocycles. The van der Waals surface area contributed by atoms with E-state index in [-0.39, 0.29) is 0 Å². The smallest absolute Gasteiger partial charge is 0.221 e. The molecule has 1 N–H and O–H groups in total. The first-order valence-electron chi connectivity index (χ1n) is 6.71. The number of nitrogens with zero attached hydrogens (tertiary/aromatic N) is 4. The summed E-state index contributed by atoms with van der Waals surface area (Å²) in [5.41, 5.74) is 0.961. The molecule has 2 rings (SSSR count). The Morgan fingerprint density at radius 3 is 2.68 bits per heavy atom. The molecule has 0 aliphatic carbocycles. The van der Waals surface area contributed by atoms with Gasteiger partial charge >= 0.3 is 0 Å². The molecule has 6 nitrogen and oxygen atoms in total. The van der Waals surface area contributed by atoms with Crippen LogP contribution in [0, 0.1) is 6.92 Å². The molecule has 0 atom stereocenters. The lowest BCUT2D eigenvalue weighted by molar-refractivity contribution is 0.158. The minimum absolute atomic E-state index is 0.636. The minimum atomic E-state index is 0.636. The highest BCUT2D eigenvalue weighted by atomic mass is 16.5. The summed E-state index contributed by atoms with van der Waals surface area (Å²) in [4.78, 5) is 13.2. The summed E-state index contributed by atoms with van der Waals surface area (Å²) in [5, 5.41) is 3.36. The van der Waals surface area contributed by atoms with Crippen LogP contribution in [0.1, 0.15) is 5.56 Å². The van der Waals surface area contributed by atoms with Gasteiger partial charge in [0.1, 0.15) is 12.1 Å². The first kappa shape index (κ1) is 14.0. The molecule has 0 amide bonds. The van der Waals surface area contributed by atoms with Crippen LogP contribution in [-0.2, 0) is 0 Å². The number of piperazine rings is 1. The van der Waals surface area contributed by atoms with E-state index in [2.05, 4.69) is 32.1 Å². The molecule has 106 valence electrons. The monoisotopic (exact) mass is 265 g/mol. The Kier molecular flexibility index (Phi) is 4.93. The minimum Gasteiger partial charge on any atom is -0.481 e. The van der Waals surface area contributed by atoms with Crippen molar-refractivity contribution in [2.75, 3.05) is 58.7 Å². The molecule has 0 unspecified atom stereocenters. The molecule has 0 bridgehead atoms. The predicted octanol–water partition coefficient (Wildman–Crippen LogP) is 0.453. The third-order valence-corrected chi connectivity index (χ3v) is 3.55. The molecule has 2 heterocycles. The fourth-order valence-electron chi connectivity index (χ4n) is 2.22. The van der Waals surface area contributed by atoms with E-state index in [9.17, 15) is 0 Å². The molecule has 1 aliphatic rings. The van der Waals surface area contributed by atoms with Gasteiger partial charge in [0.15, 0.2) is 0 Å². The summed E-state index contributed by atoms with van der Waals surface area (Å²) in [7, 11) is 3.80. The second-order valence-electron chi connectivity index (χ2n) is 4.93. The SMILES string of the molecule is COc1ncnc(NCCN2CCN(C)CC2)c1C.